The Morgan fingerprint density at radius 3 is 2.76 bits per heavy atom. The molecule has 4 nitrogen and oxygen atoms in total. The fraction of sp³-hybridized carbons (Fsp3) is 0.471. The summed E-state index contributed by atoms with van der Waals surface area (Å²) in [5.41, 5.74) is 2.39. The third-order valence-corrected chi connectivity index (χ3v) is 3.91. The van der Waals surface area contributed by atoms with Crippen LogP contribution in [-0.2, 0) is 17.9 Å². The Bertz CT molecular complexity index is 616. The highest BCUT2D eigenvalue weighted by molar-refractivity contribution is 5.85. The number of fused-ring (bicyclic) bond motifs is 1. The van der Waals surface area contributed by atoms with E-state index in [1.165, 1.54) is 10.9 Å². The van der Waals surface area contributed by atoms with Crippen LogP contribution in [0.15, 0.2) is 30.5 Å². The van der Waals surface area contributed by atoms with Crippen LogP contribution in [0.2, 0.25) is 0 Å². The highest BCUT2D eigenvalue weighted by Crippen LogP contribution is 2.20. The van der Waals surface area contributed by atoms with Crippen LogP contribution in [-0.4, -0.2) is 35.0 Å². The molecule has 1 aromatic heterocycles. The SMILES string of the molecule is CCNCc1cccc2ccn(CC(=O)N(C)C(C)C)c12. The lowest BCUT2D eigenvalue weighted by molar-refractivity contribution is -0.131. The van der Waals surface area contributed by atoms with Crippen molar-refractivity contribution in [2.24, 2.45) is 0 Å². The van der Waals surface area contributed by atoms with Gasteiger partial charge in [-0.05, 0) is 37.4 Å². The summed E-state index contributed by atoms with van der Waals surface area (Å²) in [4.78, 5) is 14.1. The Balaban J connectivity index is 2.30. The minimum absolute atomic E-state index is 0.140. The van der Waals surface area contributed by atoms with Gasteiger partial charge in [-0.1, -0.05) is 25.1 Å². The number of carbonyl (C=O) groups excluding carboxylic acids is 1. The molecule has 0 aliphatic heterocycles. The molecule has 0 aliphatic rings. The standard InChI is InChI=1S/C17H25N3O/c1-5-18-11-15-8-6-7-14-9-10-20(17(14)15)12-16(21)19(4)13(2)3/h6-10,13,18H,5,11-12H2,1-4H3. The minimum Gasteiger partial charge on any atom is -0.342 e. The summed E-state index contributed by atoms with van der Waals surface area (Å²) in [6.07, 6.45) is 2.01. The largest absolute Gasteiger partial charge is 0.342 e. The molecule has 0 spiro atoms. The molecule has 0 unspecified atom stereocenters. The van der Waals surface area contributed by atoms with Gasteiger partial charge in [-0.3, -0.25) is 4.79 Å². The average molecular weight is 287 g/mol. The number of hydrogen-bond acceptors (Lipinski definition) is 2. The quantitative estimate of drug-likeness (QED) is 0.887. The van der Waals surface area contributed by atoms with Gasteiger partial charge in [0.25, 0.3) is 0 Å². The van der Waals surface area contributed by atoms with E-state index in [1.54, 1.807) is 4.90 Å². The lowest BCUT2D eigenvalue weighted by Gasteiger charge is -2.22. The number of hydrogen-bond donors (Lipinski definition) is 1. The number of amides is 1. The van der Waals surface area contributed by atoms with E-state index in [0.717, 1.165) is 18.6 Å². The number of aromatic nitrogens is 1. The molecule has 21 heavy (non-hydrogen) atoms. The van der Waals surface area contributed by atoms with Gasteiger partial charge in [-0.15, -0.1) is 0 Å². The van der Waals surface area contributed by atoms with Crippen molar-refractivity contribution in [3.8, 4) is 0 Å². The average Bonchev–Trinajstić information content (AvgIpc) is 2.87. The maximum atomic E-state index is 12.3. The third kappa shape index (κ3) is 3.45. The predicted octanol–water partition coefficient (Wildman–Crippen LogP) is 2.62. The summed E-state index contributed by atoms with van der Waals surface area (Å²) >= 11 is 0. The van der Waals surface area contributed by atoms with Gasteiger partial charge in [-0.2, -0.15) is 0 Å². The van der Waals surface area contributed by atoms with Crippen LogP contribution in [0.4, 0.5) is 0 Å². The third-order valence-electron chi connectivity index (χ3n) is 3.91. The molecule has 0 saturated heterocycles. The molecule has 114 valence electrons. The van der Waals surface area contributed by atoms with Crippen molar-refractivity contribution in [1.82, 2.24) is 14.8 Å². The van der Waals surface area contributed by atoms with Crippen LogP contribution >= 0.6 is 0 Å². The molecule has 0 radical (unpaired) electrons. The van der Waals surface area contributed by atoms with Crippen molar-refractivity contribution in [1.29, 1.82) is 0 Å². The topological polar surface area (TPSA) is 37.3 Å². The second-order valence-corrected chi connectivity index (χ2v) is 5.68. The molecule has 1 heterocycles. The highest BCUT2D eigenvalue weighted by atomic mass is 16.2. The second kappa shape index (κ2) is 6.76. The molecule has 0 saturated carbocycles. The summed E-state index contributed by atoms with van der Waals surface area (Å²) in [5, 5.41) is 4.54. The Kier molecular flexibility index (Phi) is 5.02. The van der Waals surface area contributed by atoms with E-state index in [-0.39, 0.29) is 11.9 Å². The van der Waals surface area contributed by atoms with Crippen molar-refractivity contribution < 1.29 is 4.79 Å². The molecular formula is C17H25N3O. The number of benzene rings is 1. The van der Waals surface area contributed by atoms with Crippen LogP contribution in [0.5, 0.6) is 0 Å². The molecular weight excluding hydrogens is 262 g/mol. The first-order valence-electron chi connectivity index (χ1n) is 7.57. The van der Waals surface area contributed by atoms with E-state index >= 15 is 0 Å². The first-order valence-corrected chi connectivity index (χ1v) is 7.57. The zero-order valence-electron chi connectivity index (χ0n) is 13.4. The molecule has 0 aliphatic carbocycles. The molecule has 0 fully saturated rings. The molecule has 1 amide bonds. The molecule has 0 atom stereocenters. The summed E-state index contributed by atoms with van der Waals surface area (Å²) < 4.78 is 2.06. The van der Waals surface area contributed by atoms with E-state index < -0.39 is 0 Å². The molecule has 1 aromatic carbocycles. The first kappa shape index (κ1) is 15.6. The van der Waals surface area contributed by atoms with E-state index in [1.807, 2.05) is 27.1 Å². The second-order valence-electron chi connectivity index (χ2n) is 5.68. The maximum absolute atomic E-state index is 12.3. The van der Waals surface area contributed by atoms with Crippen molar-refractivity contribution in [3.63, 3.8) is 0 Å². The smallest absolute Gasteiger partial charge is 0.242 e. The van der Waals surface area contributed by atoms with Gasteiger partial charge in [0, 0.05) is 25.8 Å². The molecule has 4 heteroatoms. The Labute approximate surface area is 126 Å². The molecule has 2 rings (SSSR count). The number of likely N-dealkylation sites (N-methyl/N-ethyl adjacent to an activating group) is 1. The van der Waals surface area contributed by atoms with Crippen molar-refractivity contribution >= 4 is 16.8 Å². The van der Waals surface area contributed by atoms with Gasteiger partial charge < -0.3 is 14.8 Å². The summed E-state index contributed by atoms with van der Waals surface area (Å²) in [6, 6.07) is 8.59. The Hall–Kier alpha value is -1.81. The molecule has 0 bridgehead atoms. The van der Waals surface area contributed by atoms with Crippen molar-refractivity contribution in [2.75, 3.05) is 13.6 Å². The van der Waals surface area contributed by atoms with Gasteiger partial charge >= 0.3 is 0 Å². The summed E-state index contributed by atoms with van der Waals surface area (Å²) in [5.74, 6) is 0.140. The highest BCUT2D eigenvalue weighted by Gasteiger charge is 2.14. The van der Waals surface area contributed by atoms with E-state index in [9.17, 15) is 4.79 Å². The molecule has 1 N–H and O–H groups in total. The first-order chi connectivity index (χ1) is 10.0. The Morgan fingerprint density at radius 1 is 1.33 bits per heavy atom. The Morgan fingerprint density at radius 2 is 2.10 bits per heavy atom. The van der Waals surface area contributed by atoms with Gasteiger partial charge in [0.2, 0.25) is 5.91 Å². The number of carbonyl (C=O) groups is 1. The van der Waals surface area contributed by atoms with E-state index in [4.69, 9.17) is 0 Å². The van der Waals surface area contributed by atoms with Gasteiger partial charge in [0.05, 0.1) is 5.52 Å². The van der Waals surface area contributed by atoms with Crippen LogP contribution in [0.25, 0.3) is 10.9 Å². The number of para-hydroxylation sites is 1. The van der Waals surface area contributed by atoms with Gasteiger partial charge in [0.1, 0.15) is 6.54 Å². The summed E-state index contributed by atoms with van der Waals surface area (Å²) in [7, 11) is 1.86. The minimum atomic E-state index is 0.140. The zero-order chi connectivity index (χ0) is 15.4. The normalized spacial score (nSPS) is 11.3. The number of nitrogens with one attached hydrogen (secondary N) is 1. The van der Waals surface area contributed by atoms with E-state index in [2.05, 4.69) is 41.1 Å². The van der Waals surface area contributed by atoms with Gasteiger partial charge in [0.15, 0.2) is 0 Å². The fourth-order valence-corrected chi connectivity index (χ4v) is 2.42. The van der Waals surface area contributed by atoms with E-state index in [0.29, 0.717) is 6.54 Å². The molecule has 2 aromatic rings. The van der Waals surface area contributed by atoms with Crippen LogP contribution in [0, 0.1) is 0 Å². The van der Waals surface area contributed by atoms with Crippen LogP contribution in [0.3, 0.4) is 0 Å². The maximum Gasteiger partial charge on any atom is 0.242 e. The summed E-state index contributed by atoms with van der Waals surface area (Å²) in [6.45, 7) is 8.31. The van der Waals surface area contributed by atoms with Crippen LogP contribution in [0.1, 0.15) is 26.3 Å². The van der Waals surface area contributed by atoms with Crippen molar-refractivity contribution in [3.05, 3.63) is 36.0 Å². The monoisotopic (exact) mass is 287 g/mol. The predicted molar refractivity (Wildman–Crippen MR) is 87.2 cm³/mol. The lowest BCUT2D eigenvalue weighted by atomic mass is 10.1. The number of nitrogens with zero attached hydrogens (tertiary/aromatic N) is 2. The zero-order valence-corrected chi connectivity index (χ0v) is 13.4. The van der Waals surface area contributed by atoms with Gasteiger partial charge in [-0.25, -0.2) is 0 Å². The fourth-order valence-electron chi connectivity index (χ4n) is 2.42. The van der Waals surface area contributed by atoms with Crippen LogP contribution < -0.4 is 5.32 Å². The lowest BCUT2D eigenvalue weighted by Crippen LogP contribution is -2.35. The number of rotatable bonds is 6. The van der Waals surface area contributed by atoms with Crippen molar-refractivity contribution in [2.45, 2.75) is 39.9 Å².